The number of furan rings is 1. The topological polar surface area (TPSA) is 80.6 Å². The van der Waals surface area contributed by atoms with Crippen molar-refractivity contribution in [3.63, 3.8) is 0 Å². The van der Waals surface area contributed by atoms with Crippen LogP contribution in [-0.4, -0.2) is 17.9 Å². The van der Waals surface area contributed by atoms with Crippen molar-refractivity contribution in [3.05, 3.63) is 83.8 Å². The van der Waals surface area contributed by atoms with Gasteiger partial charge in [0.1, 0.15) is 11.5 Å². The molecular formula is C22H22N2O4. The van der Waals surface area contributed by atoms with Gasteiger partial charge >= 0.3 is 0 Å². The fourth-order valence-electron chi connectivity index (χ4n) is 2.61. The van der Waals surface area contributed by atoms with Crippen LogP contribution in [0.2, 0.25) is 0 Å². The first-order chi connectivity index (χ1) is 13.5. The van der Waals surface area contributed by atoms with Gasteiger partial charge in [-0.15, -0.1) is 0 Å². The van der Waals surface area contributed by atoms with E-state index >= 15 is 0 Å². The predicted molar refractivity (Wildman–Crippen MR) is 106 cm³/mol. The molecule has 6 nitrogen and oxygen atoms in total. The number of anilines is 1. The maximum atomic E-state index is 12.4. The van der Waals surface area contributed by atoms with Crippen molar-refractivity contribution >= 4 is 17.5 Å². The largest absolute Gasteiger partial charge is 0.481 e. The van der Waals surface area contributed by atoms with Crippen LogP contribution in [0.15, 0.2) is 71.3 Å². The Morgan fingerprint density at radius 1 is 1.07 bits per heavy atom. The molecule has 28 heavy (non-hydrogen) atoms. The normalized spacial score (nSPS) is 11.5. The van der Waals surface area contributed by atoms with Crippen molar-refractivity contribution in [1.82, 2.24) is 5.32 Å². The molecule has 3 aromatic rings. The Kier molecular flexibility index (Phi) is 6.11. The standard InChI is InChI=1S/C22H22N2O4/c1-15-6-3-9-19(12-15)28-16(2)21(25)24-18-8-4-7-17(13-18)22(26)23-14-20-10-5-11-27-20/h3-13,16H,14H2,1-2H3,(H,23,26)(H,24,25). The van der Waals surface area contributed by atoms with Gasteiger partial charge in [0.15, 0.2) is 6.10 Å². The smallest absolute Gasteiger partial charge is 0.265 e. The molecule has 2 aromatic carbocycles. The molecule has 0 aliphatic carbocycles. The first-order valence-electron chi connectivity index (χ1n) is 8.96. The van der Waals surface area contributed by atoms with Crippen LogP contribution < -0.4 is 15.4 Å². The van der Waals surface area contributed by atoms with Crippen LogP contribution in [0.5, 0.6) is 5.75 Å². The Balaban J connectivity index is 1.58. The van der Waals surface area contributed by atoms with Gasteiger partial charge in [0.25, 0.3) is 11.8 Å². The third kappa shape index (κ3) is 5.23. The van der Waals surface area contributed by atoms with E-state index in [2.05, 4.69) is 10.6 Å². The summed E-state index contributed by atoms with van der Waals surface area (Å²) in [6.45, 7) is 3.93. The maximum absolute atomic E-state index is 12.4. The van der Waals surface area contributed by atoms with Gasteiger partial charge in [-0.25, -0.2) is 0 Å². The lowest BCUT2D eigenvalue weighted by Crippen LogP contribution is -2.30. The van der Waals surface area contributed by atoms with Crippen LogP contribution in [0.25, 0.3) is 0 Å². The van der Waals surface area contributed by atoms with Gasteiger partial charge in [0.2, 0.25) is 0 Å². The van der Waals surface area contributed by atoms with E-state index in [9.17, 15) is 9.59 Å². The van der Waals surface area contributed by atoms with Crippen LogP contribution in [-0.2, 0) is 11.3 Å². The van der Waals surface area contributed by atoms with Crippen LogP contribution in [0.3, 0.4) is 0 Å². The second-order valence-corrected chi connectivity index (χ2v) is 6.41. The highest BCUT2D eigenvalue weighted by Crippen LogP contribution is 2.16. The molecule has 1 aromatic heterocycles. The minimum atomic E-state index is -0.682. The van der Waals surface area contributed by atoms with Crippen LogP contribution >= 0.6 is 0 Å². The minimum Gasteiger partial charge on any atom is -0.481 e. The van der Waals surface area contributed by atoms with Crippen molar-refractivity contribution in [1.29, 1.82) is 0 Å². The van der Waals surface area contributed by atoms with Gasteiger partial charge in [-0.1, -0.05) is 18.2 Å². The second kappa shape index (κ2) is 8.90. The molecule has 0 saturated heterocycles. The maximum Gasteiger partial charge on any atom is 0.265 e. The summed E-state index contributed by atoms with van der Waals surface area (Å²) >= 11 is 0. The Morgan fingerprint density at radius 2 is 1.89 bits per heavy atom. The van der Waals surface area contributed by atoms with E-state index in [1.807, 2.05) is 25.1 Å². The summed E-state index contributed by atoms with van der Waals surface area (Å²) in [6.07, 6.45) is 0.871. The third-order valence-electron chi connectivity index (χ3n) is 4.07. The fourth-order valence-corrected chi connectivity index (χ4v) is 2.61. The highest BCUT2D eigenvalue weighted by molar-refractivity contribution is 5.98. The van der Waals surface area contributed by atoms with Crippen LogP contribution in [0.4, 0.5) is 5.69 Å². The minimum absolute atomic E-state index is 0.253. The second-order valence-electron chi connectivity index (χ2n) is 6.41. The molecule has 0 aliphatic rings. The van der Waals surface area contributed by atoms with Gasteiger partial charge < -0.3 is 19.8 Å². The molecule has 0 saturated carbocycles. The number of nitrogens with one attached hydrogen (secondary N) is 2. The van der Waals surface area contributed by atoms with Crippen molar-refractivity contribution in [2.24, 2.45) is 0 Å². The van der Waals surface area contributed by atoms with Gasteiger partial charge in [-0.3, -0.25) is 9.59 Å². The molecule has 1 heterocycles. The number of rotatable bonds is 7. The first-order valence-corrected chi connectivity index (χ1v) is 8.96. The summed E-state index contributed by atoms with van der Waals surface area (Å²) in [4.78, 5) is 24.7. The lowest BCUT2D eigenvalue weighted by atomic mass is 10.2. The molecule has 2 N–H and O–H groups in total. The molecule has 2 amide bonds. The summed E-state index contributed by atoms with van der Waals surface area (Å²) in [5.41, 5.74) is 2.02. The lowest BCUT2D eigenvalue weighted by molar-refractivity contribution is -0.122. The van der Waals surface area contributed by atoms with Crippen molar-refractivity contribution in [3.8, 4) is 5.75 Å². The average molecular weight is 378 g/mol. The number of hydrogen-bond acceptors (Lipinski definition) is 4. The van der Waals surface area contributed by atoms with Crippen molar-refractivity contribution < 1.29 is 18.7 Å². The van der Waals surface area contributed by atoms with Crippen LogP contribution in [0, 0.1) is 6.92 Å². The zero-order valence-corrected chi connectivity index (χ0v) is 15.8. The molecule has 6 heteroatoms. The van der Waals surface area contributed by atoms with Gasteiger partial charge in [0.05, 0.1) is 12.8 Å². The van der Waals surface area contributed by atoms with E-state index in [0.29, 0.717) is 29.3 Å². The molecule has 1 unspecified atom stereocenters. The average Bonchev–Trinajstić information content (AvgIpc) is 3.20. The number of benzene rings is 2. The van der Waals surface area contributed by atoms with E-state index < -0.39 is 6.10 Å². The quantitative estimate of drug-likeness (QED) is 0.653. The number of aryl methyl sites for hydroxylation is 1. The van der Waals surface area contributed by atoms with E-state index in [4.69, 9.17) is 9.15 Å². The summed E-state index contributed by atoms with van der Waals surface area (Å²) < 4.78 is 10.9. The summed E-state index contributed by atoms with van der Waals surface area (Å²) in [5.74, 6) is 0.750. The highest BCUT2D eigenvalue weighted by atomic mass is 16.5. The molecule has 3 rings (SSSR count). The SMILES string of the molecule is Cc1cccc(OC(C)C(=O)Nc2cccc(C(=O)NCc3ccco3)c2)c1. The number of carbonyl (C=O) groups excluding carboxylic acids is 2. The van der Waals surface area contributed by atoms with E-state index in [-0.39, 0.29) is 11.8 Å². The zero-order valence-electron chi connectivity index (χ0n) is 15.8. The Morgan fingerprint density at radius 3 is 2.64 bits per heavy atom. The summed E-state index contributed by atoms with van der Waals surface area (Å²) in [5, 5.41) is 5.55. The number of ether oxygens (including phenoxy) is 1. The summed E-state index contributed by atoms with van der Waals surface area (Å²) in [7, 11) is 0. The first kappa shape index (κ1) is 19.2. The highest BCUT2D eigenvalue weighted by Gasteiger charge is 2.16. The summed E-state index contributed by atoms with van der Waals surface area (Å²) in [6, 6.07) is 17.8. The van der Waals surface area contributed by atoms with Gasteiger partial charge in [0, 0.05) is 11.3 Å². The Hall–Kier alpha value is -3.54. The number of carbonyl (C=O) groups is 2. The lowest BCUT2D eigenvalue weighted by Gasteiger charge is -2.15. The monoisotopic (exact) mass is 378 g/mol. The predicted octanol–water partition coefficient (Wildman–Crippen LogP) is 3.92. The molecule has 1 atom stereocenters. The van der Waals surface area contributed by atoms with Crippen molar-refractivity contribution in [2.75, 3.05) is 5.32 Å². The Bertz CT molecular complexity index is 951. The zero-order chi connectivity index (χ0) is 19.9. The molecule has 0 bridgehead atoms. The van der Waals surface area contributed by atoms with E-state index in [1.54, 1.807) is 55.7 Å². The van der Waals surface area contributed by atoms with Crippen molar-refractivity contribution in [2.45, 2.75) is 26.5 Å². The molecule has 144 valence electrons. The molecule has 0 spiro atoms. The Labute approximate surface area is 163 Å². The number of amides is 2. The van der Waals surface area contributed by atoms with E-state index in [0.717, 1.165) is 5.56 Å². The van der Waals surface area contributed by atoms with E-state index in [1.165, 1.54) is 0 Å². The van der Waals surface area contributed by atoms with Crippen LogP contribution in [0.1, 0.15) is 28.6 Å². The molecular weight excluding hydrogens is 356 g/mol. The number of hydrogen-bond donors (Lipinski definition) is 2. The molecule has 0 fully saturated rings. The fraction of sp³-hybridized carbons (Fsp3) is 0.182. The van der Waals surface area contributed by atoms with Gasteiger partial charge in [-0.05, 0) is 61.9 Å². The third-order valence-corrected chi connectivity index (χ3v) is 4.07. The van der Waals surface area contributed by atoms with Gasteiger partial charge in [-0.2, -0.15) is 0 Å². The molecule has 0 aliphatic heterocycles. The molecule has 0 radical (unpaired) electrons.